The number of aryl methyl sites for hydroxylation is 1. The molecule has 0 aliphatic carbocycles. The maximum atomic E-state index is 13.2. The number of aromatic nitrogens is 2. The Kier molecular flexibility index (Phi) is 6.43. The van der Waals surface area contributed by atoms with Crippen molar-refractivity contribution in [1.29, 1.82) is 5.26 Å². The highest BCUT2D eigenvalue weighted by atomic mass is 35.5. The van der Waals surface area contributed by atoms with Gasteiger partial charge in [0.15, 0.2) is 0 Å². The van der Waals surface area contributed by atoms with Crippen LogP contribution in [0.1, 0.15) is 50.4 Å². The lowest BCUT2D eigenvalue weighted by Gasteiger charge is -2.51. The first-order valence-electron chi connectivity index (χ1n) is 12.3. The van der Waals surface area contributed by atoms with Gasteiger partial charge in [0.05, 0.1) is 11.6 Å². The number of pyridine rings is 2. The molecule has 1 fully saturated rings. The van der Waals surface area contributed by atoms with Crippen LogP contribution in [0.25, 0.3) is 11.0 Å². The minimum atomic E-state index is -0.169. The highest BCUT2D eigenvalue weighted by Gasteiger charge is 2.42. The second-order valence-electron chi connectivity index (χ2n) is 9.45. The molecule has 0 amide bonds. The molecule has 35 heavy (non-hydrogen) atoms. The third-order valence-corrected chi connectivity index (χ3v) is 7.67. The van der Waals surface area contributed by atoms with Gasteiger partial charge in [0.2, 0.25) is 5.75 Å². The largest absolute Gasteiger partial charge is 0.484 e. The Bertz CT molecular complexity index is 1350. The van der Waals surface area contributed by atoms with Crippen molar-refractivity contribution < 1.29 is 4.74 Å². The molecule has 3 aromatic rings. The molecular weight excluding hydrogens is 462 g/mol. The topological polar surface area (TPSA) is 74.4 Å². The average molecular weight is 492 g/mol. The fourth-order valence-corrected chi connectivity index (χ4v) is 5.75. The summed E-state index contributed by atoms with van der Waals surface area (Å²) in [6, 6.07) is 14.5. The molecular formula is C27H30ClN5O2. The number of hydrogen-bond donors (Lipinski definition) is 0. The van der Waals surface area contributed by atoms with E-state index in [1.54, 1.807) is 23.7 Å². The van der Waals surface area contributed by atoms with Gasteiger partial charge in [0, 0.05) is 37.2 Å². The summed E-state index contributed by atoms with van der Waals surface area (Å²) in [5.41, 5.74) is 3.53. The van der Waals surface area contributed by atoms with Gasteiger partial charge in [-0.1, -0.05) is 44.0 Å². The highest BCUT2D eigenvalue weighted by molar-refractivity contribution is 6.30. The fourth-order valence-electron chi connectivity index (χ4n) is 5.62. The fraction of sp³-hybridized carbons (Fsp3) is 0.444. The van der Waals surface area contributed by atoms with E-state index in [9.17, 15) is 10.1 Å². The lowest BCUT2D eigenvalue weighted by molar-refractivity contribution is 0.0696. The molecule has 2 aliphatic rings. The zero-order chi connectivity index (χ0) is 24.7. The van der Waals surface area contributed by atoms with E-state index in [1.807, 2.05) is 12.1 Å². The van der Waals surface area contributed by atoms with E-state index < -0.39 is 0 Å². The van der Waals surface area contributed by atoms with Gasteiger partial charge >= 0.3 is 0 Å². The van der Waals surface area contributed by atoms with Crippen LogP contribution in [0.3, 0.4) is 0 Å². The Balaban J connectivity index is 1.58. The number of fused-ring (bicyclic) bond motifs is 5. The van der Waals surface area contributed by atoms with E-state index in [0.717, 1.165) is 43.1 Å². The van der Waals surface area contributed by atoms with Crippen LogP contribution in [-0.4, -0.2) is 46.2 Å². The first-order valence-corrected chi connectivity index (χ1v) is 12.7. The minimum absolute atomic E-state index is 0.0832. The molecule has 7 nitrogen and oxygen atoms in total. The number of nitriles is 1. The van der Waals surface area contributed by atoms with Crippen molar-refractivity contribution in [3.8, 4) is 11.8 Å². The zero-order valence-corrected chi connectivity index (χ0v) is 21.1. The molecule has 182 valence electrons. The van der Waals surface area contributed by atoms with Gasteiger partial charge in [-0.25, -0.2) is 4.98 Å². The lowest BCUT2D eigenvalue weighted by atomic mass is 9.93. The standard InChI is InChI=1S/C27H30ClN5O2/c1-4-6-22(17-7-9-18(28)10-8-17)32-15-21-16-35-26-25(33(21)14-20(32)5-2)24-23(31(3)27(26)34)12-11-19(13-29)30-24/h7-12,20-22H,4-6,14-16H2,1-3H3/t20-,21+,22?/m1/s1. The van der Waals surface area contributed by atoms with Gasteiger partial charge in [0.1, 0.15) is 29.6 Å². The molecule has 0 bridgehead atoms. The molecule has 1 saturated heterocycles. The van der Waals surface area contributed by atoms with Crippen LogP contribution in [0.4, 0.5) is 5.69 Å². The summed E-state index contributed by atoms with van der Waals surface area (Å²) in [5.74, 6) is 0.338. The molecule has 4 heterocycles. The summed E-state index contributed by atoms with van der Waals surface area (Å²) in [6.45, 7) is 6.48. The van der Waals surface area contributed by atoms with Crippen molar-refractivity contribution >= 4 is 28.3 Å². The maximum absolute atomic E-state index is 13.2. The van der Waals surface area contributed by atoms with Crippen LogP contribution in [-0.2, 0) is 7.05 Å². The van der Waals surface area contributed by atoms with Crippen LogP contribution >= 0.6 is 11.6 Å². The number of rotatable bonds is 5. The summed E-state index contributed by atoms with van der Waals surface area (Å²) >= 11 is 6.18. The SMILES string of the molecule is CCCC(c1ccc(Cl)cc1)N1C[C@H]2COc3c(c4nc(C#N)ccc4n(C)c3=O)N2C[C@H]1CC. The van der Waals surface area contributed by atoms with Crippen molar-refractivity contribution in [3.05, 3.63) is 63.0 Å². The van der Waals surface area contributed by atoms with E-state index in [1.165, 1.54) is 5.56 Å². The van der Waals surface area contributed by atoms with E-state index in [-0.39, 0.29) is 17.6 Å². The molecule has 1 unspecified atom stereocenters. The molecule has 0 spiro atoms. The first-order chi connectivity index (χ1) is 17.0. The van der Waals surface area contributed by atoms with Crippen molar-refractivity contribution in [2.75, 3.05) is 24.6 Å². The molecule has 2 aliphatic heterocycles. The van der Waals surface area contributed by atoms with E-state index >= 15 is 0 Å². The number of anilines is 1. The summed E-state index contributed by atoms with van der Waals surface area (Å²) in [4.78, 5) is 22.7. The molecule has 2 aromatic heterocycles. The minimum Gasteiger partial charge on any atom is -0.484 e. The molecule has 0 N–H and O–H groups in total. The van der Waals surface area contributed by atoms with E-state index in [2.05, 4.69) is 46.8 Å². The van der Waals surface area contributed by atoms with Crippen molar-refractivity contribution in [1.82, 2.24) is 14.5 Å². The van der Waals surface area contributed by atoms with Crippen LogP contribution in [0.5, 0.6) is 5.75 Å². The monoisotopic (exact) mass is 491 g/mol. The van der Waals surface area contributed by atoms with Gasteiger partial charge < -0.3 is 14.2 Å². The number of ether oxygens (including phenoxy) is 1. The average Bonchev–Trinajstić information content (AvgIpc) is 2.89. The Morgan fingerprint density at radius 2 is 1.97 bits per heavy atom. The predicted octanol–water partition coefficient (Wildman–Crippen LogP) is 4.66. The van der Waals surface area contributed by atoms with Gasteiger partial charge in [-0.15, -0.1) is 0 Å². The second kappa shape index (κ2) is 9.52. The number of nitrogens with zero attached hydrogens (tertiary/aromatic N) is 5. The van der Waals surface area contributed by atoms with Gasteiger partial charge in [0.25, 0.3) is 5.56 Å². The third kappa shape index (κ3) is 4.05. The molecule has 3 atom stereocenters. The highest BCUT2D eigenvalue weighted by Crippen LogP contribution is 2.41. The van der Waals surface area contributed by atoms with E-state index in [4.69, 9.17) is 16.3 Å². The Morgan fingerprint density at radius 3 is 2.66 bits per heavy atom. The summed E-state index contributed by atoms with van der Waals surface area (Å²) in [5, 5.41) is 10.2. The molecule has 5 rings (SSSR count). The van der Waals surface area contributed by atoms with Gasteiger partial charge in [-0.2, -0.15) is 5.26 Å². The first kappa shape index (κ1) is 23.7. The van der Waals surface area contributed by atoms with Crippen LogP contribution in [0, 0.1) is 11.3 Å². The van der Waals surface area contributed by atoms with Crippen molar-refractivity contribution in [3.63, 3.8) is 0 Å². The Morgan fingerprint density at radius 1 is 1.20 bits per heavy atom. The number of hydrogen-bond acceptors (Lipinski definition) is 6. The normalized spacial score (nSPS) is 20.6. The number of piperazine rings is 1. The second-order valence-corrected chi connectivity index (χ2v) is 9.89. The van der Waals surface area contributed by atoms with Gasteiger partial charge in [-0.05, 0) is 42.7 Å². The number of halogens is 1. The van der Waals surface area contributed by atoms with E-state index in [0.29, 0.717) is 35.1 Å². The quantitative estimate of drug-likeness (QED) is 0.516. The zero-order valence-electron chi connectivity index (χ0n) is 20.4. The van der Waals surface area contributed by atoms with Crippen LogP contribution in [0.2, 0.25) is 5.02 Å². The Labute approximate surface area is 210 Å². The van der Waals surface area contributed by atoms with Crippen molar-refractivity contribution in [2.45, 2.75) is 51.2 Å². The summed E-state index contributed by atoms with van der Waals surface area (Å²) in [6.07, 6.45) is 3.11. The van der Waals surface area contributed by atoms with Crippen LogP contribution in [0.15, 0.2) is 41.2 Å². The van der Waals surface area contributed by atoms with Gasteiger partial charge in [-0.3, -0.25) is 9.69 Å². The molecule has 0 radical (unpaired) electrons. The summed E-state index contributed by atoms with van der Waals surface area (Å²) in [7, 11) is 1.72. The summed E-state index contributed by atoms with van der Waals surface area (Å²) < 4.78 is 7.69. The smallest absolute Gasteiger partial charge is 0.295 e. The lowest BCUT2D eigenvalue weighted by Crippen LogP contribution is -2.62. The number of benzene rings is 1. The maximum Gasteiger partial charge on any atom is 0.295 e. The molecule has 1 aromatic carbocycles. The Hall–Kier alpha value is -3.08. The predicted molar refractivity (Wildman–Crippen MR) is 138 cm³/mol. The van der Waals surface area contributed by atoms with Crippen LogP contribution < -0.4 is 15.2 Å². The third-order valence-electron chi connectivity index (χ3n) is 7.42. The molecule has 0 saturated carbocycles. The van der Waals surface area contributed by atoms with Crippen molar-refractivity contribution in [2.24, 2.45) is 7.05 Å². The molecule has 8 heteroatoms.